The molecular formula is C21H30N10. The van der Waals surface area contributed by atoms with Crippen LogP contribution in [0.15, 0.2) is 31.4 Å². The van der Waals surface area contributed by atoms with E-state index in [0.29, 0.717) is 18.0 Å². The predicted molar refractivity (Wildman–Crippen MR) is 117 cm³/mol. The van der Waals surface area contributed by atoms with Gasteiger partial charge in [0.25, 0.3) is 0 Å². The Hall–Kier alpha value is -3.04. The Bertz CT molecular complexity index is 896. The van der Waals surface area contributed by atoms with Crippen molar-refractivity contribution in [2.45, 2.75) is 57.5 Å². The molecule has 0 aromatic carbocycles. The van der Waals surface area contributed by atoms with Gasteiger partial charge in [-0.2, -0.15) is 15.2 Å². The van der Waals surface area contributed by atoms with Crippen molar-refractivity contribution in [3.63, 3.8) is 0 Å². The fourth-order valence-corrected chi connectivity index (χ4v) is 4.58. The monoisotopic (exact) mass is 422 g/mol. The molecule has 3 aromatic heterocycles. The summed E-state index contributed by atoms with van der Waals surface area (Å²) in [6, 6.07) is 2.79. The molecule has 2 aliphatic rings. The van der Waals surface area contributed by atoms with Crippen molar-refractivity contribution < 1.29 is 0 Å². The van der Waals surface area contributed by atoms with Crippen molar-refractivity contribution in [1.82, 2.24) is 39.5 Å². The molecule has 5 heterocycles. The van der Waals surface area contributed by atoms with Crippen molar-refractivity contribution in [1.29, 1.82) is 0 Å². The third kappa shape index (κ3) is 4.24. The first kappa shape index (κ1) is 19.9. The van der Waals surface area contributed by atoms with Gasteiger partial charge in [-0.3, -0.25) is 0 Å². The number of rotatable bonds is 5. The summed E-state index contributed by atoms with van der Waals surface area (Å²) >= 11 is 0. The Labute approximate surface area is 182 Å². The van der Waals surface area contributed by atoms with E-state index in [4.69, 9.17) is 9.97 Å². The van der Waals surface area contributed by atoms with Crippen molar-refractivity contribution in [2.24, 2.45) is 0 Å². The predicted octanol–water partition coefficient (Wildman–Crippen LogP) is 2.47. The topological polar surface area (TPSA) is 93.7 Å². The Balaban J connectivity index is 1.41. The van der Waals surface area contributed by atoms with Crippen LogP contribution in [0.5, 0.6) is 0 Å². The van der Waals surface area contributed by atoms with E-state index in [2.05, 4.69) is 49.9 Å². The van der Waals surface area contributed by atoms with Crippen LogP contribution >= 0.6 is 0 Å². The Morgan fingerprint density at radius 2 is 1.45 bits per heavy atom. The molecule has 2 aliphatic heterocycles. The highest BCUT2D eigenvalue weighted by atomic mass is 15.4. The van der Waals surface area contributed by atoms with Gasteiger partial charge in [-0.05, 0) is 31.6 Å². The molecule has 5 rings (SSSR count). The van der Waals surface area contributed by atoms with Crippen LogP contribution in [-0.4, -0.2) is 65.7 Å². The molecule has 0 N–H and O–H groups in total. The van der Waals surface area contributed by atoms with E-state index in [0.717, 1.165) is 69.3 Å². The van der Waals surface area contributed by atoms with Gasteiger partial charge in [-0.1, -0.05) is 13.8 Å². The van der Waals surface area contributed by atoms with Crippen molar-refractivity contribution in [2.75, 3.05) is 36.0 Å². The molecule has 2 fully saturated rings. The van der Waals surface area contributed by atoms with E-state index in [1.54, 1.807) is 12.7 Å². The number of hydrogen-bond acceptors (Lipinski definition) is 8. The lowest BCUT2D eigenvalue weighted by molar-refractivity contribution is 0.370. The maximum atomic E-state index is 5.04. The highest BCUT2D eigenvalue weighted by molar-refractivity contribution is 5.47. The number of nitrogens with zero attached hydrogens (tertiary/aromatic N) is 10. The molecule has 0 spiro atoms. The standard InChI is InChI=1S/C21H30N10/c1-16(2)19-9-20(28-7-3-5-17(10-28)30-14-22-12-24-30)27-21(26-19)29-8-4-6-18(11-29)31-15-23-13-25-31/h9,12-18H,3-8,10-11H2,1-2H3. The van der Waals surface area contributed by atoms with E-state index in [-0.39, 0.29) is 0 Å². The van der Waals surface area contributed by atoms with Gasteiger partial charge in [0.1, 0.15) is 31.1 Å². The summed E-state index contributed by atoms with van der Waals surface area (Å²) < 4.78 is 3.94. The molecule has 2 saturated heterocycles. The molecular weight excluding hydrogens is 392 g/mol. The lowest BCUT2D eigenvalue weighted by atomic mass is 10.1. The first-order valence-electron chi connectivity index (χ1n) is 11.2. The average molecular weight is 423 g/mol. The normalized spacial score (nSPS) is 22.3. The molecule has 3 aromatic rings. The average Bonchev–Trinajstić information content (AvgIpc) is 3.53. The zero-order chi connectivity index (χ0) is 21.2. The van der Waals surface area contributed by atoms with Gasteiger partial charge in [0.2, 0.25) is 5.95 Å². The van der Waals surface area contributed by atoms with E-state index in [9.17, 15) is 0 Å². The van der Waals surface area contributed by atoms with Gasteiger partial charge in [0, 0.05) is 32.2 Å². The van der Waals surface area contributed by atoms with Crippen LogP contribution in [0.4, 0.5) is 11.8 Å². The zero-order valence-electron chi connectivity index (χ0n) is 18.2. The van der Waals surface area contributed by atoms with Gasteiger partial charge in [-0.25, -0.2) is 24.3 Å². The minimum atomic E-state index is 0.303. The third-order valence-corrected chi connectivity index (χ3v) is 6.33. The minimum absolute atomic E-state index is 0.303. The molecule has 10 nitrogen and oxygen atoms in total. The lowest BCUT2D eigenvalue weighted by Gasteiger charge is -2.36. The quantitative estimate of drug-likeness (QED) is 0.619. The highest BCUT2D eigenvalue weighted by Crippen LogP contribution is 2.30. The first-order valence-corrected chi connectivity index (χ1v) is 11.2. The molecule has 0 aliphatic carbocycles. The van der Waals surface area contributed by atoms with Gasteiger partial charge in [-0.15, -0.1) is 0 Å². The van der Waals surface area contributed by atoms with E-state index in [1.807, 2.05) is 22.0 Å². The van der Waals surface area contributed by atoms with Crippen LogP contribution in [-0.2, 0) is 0 Å². The summed E-state index contributed by atoms with van der Waals surface area (Å²) in [7, 11) is 0. The van der Waals surface area contributed by atoms with Crippen LogP contribution in [0, 0.1) is 0 Å². The molecule has 0 saturated carbocycles. The Morgan fingerprint density at radius 1 is 0.839 bits per heavy atom. The SMILES string of the molecule is CC(C)c1cc(N2CCCC(n3cncn3)C2)nc(N2CCCC(n3cncn3)C2)n1. The molecule has 2 unspecified atom stereocenters. The summed E-state index contributed by atoms with van der Waals surface area (Å²) in [4.78, 5) is 22.9. The van der Waals surface area contributed by atoms with Crippen LogP contribution in [0.1, 0.15) is 63.2 Å². The van der Waals surface area contributed by atoms with E-state index >= 15 is 0 Å². The minimum Gasteiger partial charge on any atom is -0.354 e. The van der Waals surface area contributed by atoms with Crippen LogP contribution in [0.2, 0.25) is 0 Å². The fraction of sp³-hybridized carbons (Fsp3) is 0.619. The molecule has 0 radical (unpaired) electrons. The van der Waals surface area contributed by atoms with E-state index in [1.165, 1.54) is 0 Å². The second-order valence-electron chi connectivity index (χ2n) is 8.84. The zero-order valence-corrected chi connectivity index (χ0v) is 18.2. The summed E-state index contributed by atoms with van der Waals surface area (Å²) in [6.45, 7) is 8.09. The number of piperidine rings is 2. The molecule has 164 valence electrons. The van der Waals surface area contributed by atoms with Crippen molar-refractivity contribution in [3.8, 4) is 0 Å². The maximum Gasteiger partial charge on any atom is 0.227 e. The summed E-state index contributed by atoms with van der Waals surface area (Å²) in [5.41, 5.74) is 1.09. The molecule has 10 heteroatoms. The van der Waals surface area contributed by atoms with E-state index < -0.39 is 0 Å². The van der Waals surface area contributed by atoms with Crippen LogP contribution in [0.25, 0.3) is 0 Å². The second-order valence-corrected chi connectivity index (χ2v) is 8.84. The van der Waals surface area contributed by atoms with Gasteiger partial charge in [0.05, 0.1) is 17.8 Å². The largest absolute Gasteiger partial charge is 0.354 e. The summed E-state index contributed by atoms with van der Waals surface area (Å²) in [5, 5.41) is 8.72. The highest BCUT2D eigenvalue weighted by Gasteiger charge is 2.27. The Morgan fingerprint density at radius 3 is 2.03 bits per heavy atom. The number of anilines is 2. The molecule has 2 atom stereocenters. The smallest absolute Gasteiger partial charge is 0.227 e. The molecule has 0 bridgehead atoms. The lowest BCUT2D eigenvalue weighted by Crippen LogP contribution is -2.40. The maximum absolute atomic E-state index is 5.04. The first-order chi connectivity index (χ1) is 15.2. The van der Waals surface area contributed by atoms with Gasteiger partial charge < -0.3 is 9.80 Å². The van der Waals surface area contributed by atoms with Gasteiger partial charge >= 0.3 is 0 Å². The van der Waals surface area contributed by atoms with Crippen molar-refractivity contribution >= 4 is 11.8 Å². The number of aromatic nitrogens is 8. The van der Waals surface area contributed by atoms with Crippen LogP contribution in [0.3, 0.4) is 0 Å². The van der Waals surface area contributed by atoms with Gasteiger partial charge in [0.15, 0.2) is 0 Å². The molecule has 0 amide bonds. The fourth-order valence-electron chi connectivity index (χ4n) is 4.58. The summed E-state index contributed by atoms with van der Waals surface area (Å²) in [5.74, 6) is 2.18. The second kappa shape index (κ2) is 8.60. The molecule has 31 heavy (non-hydrogen) atoms. The Kier molecular flexibility index (Phi) is 5.52. The summed E-state index contributed by atoms with van der Waals surface area (Å²) in [6.07, 6.45) is 11.3. The van der Waals surface area contributed by atoms with Crippen molar-refractivity contribution in [3.05, 3.63) is 37.1 Å². The third-order valence-electron chi connectivity index (χ3n) is 6.33. The number of hydrogen-bond donors (Lipinski definition) is 0. The van der Waals surface area contributed by atoms with Crippen LogP contribution < -0.4 is 9.80 Å².